The summed E-state index contributed by atoms with van der Waals surface area (Å²) in [7, 11) is 1.52. The number of halogens is 1. The first kappa shape index (κ1) is 12.7. The van der Waals surface area contributed by atoms with Gasteiger partial charge in [-0.3, -0.25) is 4.79 Å². The second-order valence-corrected chi connectivity index (χ2v) is 2.62. The number of amides is 1. The number of carbonyl (C=O) groups excluding carboxylic acids is 1. The predicted molar refractivity (Wildman–Crippen MR) is 56.4 cm³/mol. The minimum atomic E-state index is -0.809. The normalized spacial score (nSPS) is 11.3. The number of hydrogen-bond acceptors (Lipinski definition) is 3. The molecule has 4 nitrogen and oxygen atoms in total. The van der Waals surface area contributed by atoms with E-state index in [1.807, 2.05) is 0 Å². The molecule has 14 heavy (non-hydrogen) atoms. The molecule has 0 aliphatic carbocycles. The van der Waals surface area contributed by atoms with Gasteiger partial charge in [0.15, 0.2) is 0 Å². The van der Waals surface area contributed by atoms with E-state index in [4.69, 9.17) is 16.2 Å². The summed E-state index contributed by atoms with van der Waals surface area (Å²) in [6.07, 6.45) is 0. The fourth-order valence-electron chi connectivity index (χ4n) is 1.08. The Bertz CT molecular complexity index is 317. The number of hydrogen-bond donors (Lipinski definition) is 2. The van der Waals surface area contributed by atoms with E-state index in [0.29, 0.717) is 11.3 Å². The van der Waals surface area contributed by atoms with Crippen LogP contribution in [0.3, 0.4) is 0 Å². The van der Waals surface area contributed by atoms with Crippen LogP contribution in [0.2, 0.25) is 0 Å². The zero-order valence-electron chi connectivity index (χ0n) is 7.77. The van der Waals surface area contributed by atoms with Crippen LogP contribution in [-0.2, 0) is 4.79 Å². The van der Waals surface area contributed by atoms with Gasteiger partial charge in [-0.1, -0.05) is 18.2 Å². The molecule has 1 rings (SSSR count). The van der Waals surface area contributed by atoms with E-state index in [9.17, 15) is 4.79 Å². The molecule has 0 saturated carbocycles. The quantitative estimate of drug-likeness (QED) is 0.777. The molecule has 1 unspecified atom stereocenters. The van der Waals surface area contributed by atoms with Crippen LogP contribution in [0.1, 0.15) is 11.6 Å². The molecular formula is C9H13ClN2O2. The van der Waals surface area contributed by atoms with Gasteiger partial charge in [-0.05, 0) is 6.07 Å². The Kier molecular flexibility index (Phi) is 4.97. The summed E-state index contributed by atoms with van der Waals surface area (Å²) in [5.74, 6) is 0.0123. The van der Waals surface area contributed by atoms with Crippen LogP contribution in [0.5, 0.6) is 5.75 Å². The van der Waals surface area contributed by atoms with E-state index in [-0.39, 0.29) is 12.4 Å². The molecule has 0 aliphatic rings. The molecule has 0 saturated heterocycles. The second kappa shape index (κ2) is 5.47. The van der Waals surface area contributed by atoms with E-state index in [1.54, 1.807) is 24.3 Å². The third kappa shape index (κ3) is 2.61. The average molecular weight is 217 g/mol. The summed E-state index contributed by atoms with van der Waals surface area (Å²) < 4.78 is 5.03. The summed E-state index contributed by atoms with van der Waals surface area (Å²) in [6, 6.07) is 6.22. The van der Waals surface area contributed by atoms with Crippen molar-refractivity contribution in [1.82, 2.24) is 0 Å². The average Bonchev–Trinajstić information content (AvgIpc) is 2.16. The molecule has 0 fully saturated rings. The molecule has 1 aromatic rings. The minimum Gasteiger partial charge on any atom is -0.496 e. The van der Waals surface area contributed by atoms with Crippen molar-refractivity contribution in [3.8, 4) is 5.75 Å². The zero-order valence-corrected chi connectivity index (χ0v) is 8.58. The number of methoxy groups -OCH3 is 1. The van der Waals surface area contributed by atoms with Gasteiger partial charge in [-0.15, -0.1) is 12.4 Å². The number of primary amides is 1. The maximum atomic E-state index is 10.8. The largest absolute Gasteiger partial charge is 0.496 e. The molecule has 1 aromatic carbocycles. The lowest BCUT2D eigenvalue weighted by atomic mass is 10.1. The molecule has 0 radical (unpaired) electrons. The zero-order chi connectivity index (χ0) is 9.84. The summed E-state index contributed by atoms with van der Waals surface area (Å²) in [5, 5.41) is 0. The molecule has 0 aliphatic heterocycles. The van der Waals surface area contributed by atoms with Crippen LogP contribution in [0, 0.1) is 0 Å². The lowest BCUT2D eigenvalue weighted by molar-refractivity contribution is -0.119. The van der Waals surface area contributed by atoms with Crippen molar-refractivity contribution in [2.24, 2.45) is 11.5 Å². The minimum absolute atomic E-state index is 0. The van der Waals surface area contributed by atoms with Gasteiger partial charge in [0.1, 0.15) is 11.8 Å². The van der Waals surface area contributed by atoms with Crippen molar-refractivity contribution in [2.45, 2.75) is 6.04 Å². The Morgan fingerprint density at radius 2 is 2.00 bits per heavy atom. The van der Waals surface area contributed by atoms with E-state index in [2.05, 4.69) is 0 Å². The lowest BCUT2D eigenvalue weighted by Gasteiger charge is -2.11. The predicted octanol–water partition coefficient (Wildman–Crippen LogP) is 0.602. The first-order valence-electron chi connectivity index (χ1n) is 3.84. The molecule has 0 heterocycles. The highest BCUT2D eigenvalue weighted by Gasteiger charge is 2.15. The number of rotatable bonds is 3. The van der Waals surface area contributed by atoms with Crippen molar-refractivity contribution < 1.29 is 9.53 Å². The number of para-hydroxylation sites is 1. The van der Waals surface area contributed by atoms with E-state index in [1.165, 1.54) is 7.11 Å². The van der Waals surface area contributed by atoms with Gasteiger partial charge < -0.3 is 16.2 Å². The lowest BCUT2D eigenvalue weighted by Crippen LogP contribution is -2.28. The molecule has 4 N–H and O–H groups in total. The van der Waals surface area contributed by atoms with Crippen molar-refractivity contribution in [2.75, 3.05) is 7.11 Å². The van der Waals surface area contributed by atoms with Gasteiger partial charge in [0.2, 0.25) is 5.91 Å². The van der Waals surface area contributed by atoms with Crippen LogP contribution in [0.4, 0.5) is 0 Å². The number of carbonyl (C=O) groups is 1. The number of ether oxygens (including phenoxy) is 1. The monoisotopic (exact) mass is 216 g/mol. The molecule has 78 valence electrons. The van der Waals surface area contributed by atoms with Crippen molar-refractivity contribution >= 4 is 18.3 Å². The summed E-state index contributed by atoms with van der Waals surface area (Å²) in [6.45, 7) is 0. The molecule has 0 bridgehead atoms. The van der Waals surface area contributed by atoms with E-state index >= 15 is 0 Å². The fraction of sp³-hybridized carbons (Fsp3) is 0.222. The molecule has 5 heteroatoms. The third-order valence-corrected chi connectivity index (χ3v) is 1.78. The molecule has 1 amide bonds. The molecule has 0 aromatic heterocycles. The third-order valence-electron chi connectivity index (χ3n) is 1.78. The van der Waals surface area contributed by atoms with Gasteiger partial charge in [0, 0.05) is 5.56 Å². The first-order chi connectivity index (χ1) is 6.16. The van der Waals surface area contributed by atoms with Crippen LogP contribution in [0.15, 0.2) is 24.3 Å². The Labute approximate surface area is 88.6 Å². The van der Waals surface area contributed by atoms with Gasteiger partial charge in [0.25, 0.3) is 0 Å². The Hall–Kier alpha value is -1.26. The number of nitrogens with two attached hydrogens (primary N) is 2. The maximum Gasteiger partial charge on any atom is 0.239 e. The summed E-state index contributed by atoms with van der Waals surface area (Å²) >= 11 is 0. The van der Waals surface area contributed by atoms with E-state index in [0.717, 1.165) is 0 Å². The van der Waals surface area contributed by atoms with Crippen LogP contribution in [-0.4, -0.2) is 13.0 Å². The van der Waals surface area contributed by atoms with Crippen LogP contribution < -0.4 is 16.2 Å². The Balaban J connectivity index is 0.00000169. The second-order valence-electron chi connectivity index (χ2n) is 2.62. The van der Waals surface area contributed by atoms with Gasteiger partial charge in [-0.25, -0.2) is 0 Å². The summed E-state index contributed by atoms with van der Waals surface area (Å²) in [5.41, 5.74) is 11.2. The van der Waals surface area contributed by atoms with Gasteiger partial charge >= 0.3 is 0 Å². The Morgan fingerprint density at radius 1 is 1.43 bits per heavy atom. The number of benzene rings is 1. The van der Waals surface area contributed by atoms with Crippen LogP contribution >= 0.6 is 12.4 Å². The van der Waals surface area contributed by atoms with Gasteiger partial charge in [0.05, 0.1) is 7.11 Å². The molecular weight excluding hydrogens is 204 g/mol. The highest BCUT2D eigenvalue weighted by molar-refractivity contribution is 5.85. The van der Waals surface area contributed by atoms with Crippen molar-refractivity contribution in [3.63, 3.8) is 0 Å². The fourth-order valence-corrected chi connectivity index (χ4v) is 1.08. The first-order valence-corrected chi connectivity index (χ1v) is 3.84. The topological polar surface area (TPSA) is 78.3 Å². The standard InChI is InChI=1S/C9H12N2O2.ClH/c1-13-7-5-3-2-4-6(7)8(10)9(11)12;/h2-5,8H,10H2,1H3,(H2,11,12);1H. The van der Waals surface area contributed by atoms with E-state index < -0.39 is 11.9 Å². The maximum absolute atomic E-state index is 10.8. The SMILES string of the molecule is COc1ccccc1C(N)C(N)=O.Cl. The van der Waals surface area contributed by atoms with Crippen molar-refractivity contribution in [3.05, 3.63) is 29.8 Å². The smallest absolute Gasteiger partial charge is 0.239 e. The molecule has 0 spiro atoms. The van der Waals surface area contributed by atoms with Crippen molar-refractivity contribution in [1.29, 1.82) is 0 Å². The highest BCUT2D eigenvalue weighted by atomic mass is 35.5. The Morgan fingerprint density at radius 3 is 2.50 bits per heavy atom. The highest BCUT2D eigenvalue weighted by Crippen LogP contribution is 2.22. The summed E-state index contributed by atoms with van der Waals surface area (Å²) in [4.78, 5) is 10.8. The van der Waals surface area contributed by atoms with Crippen LogP contribution in [0.25, 0.3) is 0 Å². The molecule has 1 atom stereocenters. The van der Waals surface area contributed by atoms with Gasteiger partial charge in [-0.2, -0.15) is 0 Å².